The van der Waals surface area contributed by atoms with Crippen LogP contribution >= 0.6 is 0 Å². The lowest BCUT2D eigenvalue weighted by Gasteiger charge is -2.34. The van der Waals surface area contributed by atoms with Gasteiger partial charge in [0, 0.05) is 38.3 Å². The summed E-state index contributed by atoms with van der Waals surface area (Å²) < 4.78 is 14.2. The maximum atomic E-state index is 14.2. The zero-order valence-corrected chi connectivity index (χ0v) is 12.0. The van der Waals surface area contributed by atoms with Crippen LogP contribution in [0.3, 0.4) is 0 Å². The smallest absolute Gasteiger partial charge is 0.138 e. The van der Waals surface area contributed by atoms with Crippen LogP contribution in [0.5, 0.6) is 0 Å². The molecule has 0 atom stereocenters. The Morgan fingerprint density at radius 3 is 2.50 bits per heavy atom. The molecule has 0 amide bonds. The number of nitrogens with one attached hydrogen (secondary N) is 1. The van der Waals surface area contributed by atoms with Crippen LogP contribution in [0.15, 0.2) is 18.2 Å². The molecule has 0 bridgehead atoms. The second kappa shape index (κ2) is 6.81. The monoisotopic (exact) mass is 278 g/mol. The number of hydrogen-bond acceptors (Lipinski definition) is 3. The van der Waals surface area contributed by atoms with Crippen LogP contribution in [-0.4, -0.2) is 48.4 Å². The van der Waals surface area contributed by atoms with E-state index in [0.29, 0.717) is 12.1 Å². The van der Waals surface area contributed by atoms with Gasteiger partial charge in [0.1, 0.15) is 11.7 Å². The topological polar surface area (TPSA) is 56.4 Å². The Morgan fingerprint density at radius 2 is 1.90 bits per heavy atom. The highest BCUT2D eigenvalue weighted by Crippen LogP contribution is 2.16. The molecule has 0 aromatic heterocycles. The molecule has 20 heavy (non-hydrogen) atoms. The van der Waals surface area contributed by atoms with Crippen molar-refractivity contribution in [3.05, 3.63) is 35.1 Å². The molecule has 0 radical (unpaired) electrons. The summed E-state index contributed by atoms with van der Waals surface area (Å²) in [5.74, 6) is -0.562. The number of nitrogens with zero attached hydrogens (tertiary/aromatic N) is 2. The Balaban J connectivity index is 1.98. The molecule has 2 rings (SSSR count). The molecule has 4 nitrogen and oxygen atoms in total. The van der Waals surface area contributed by atoms with Crippen molar-refractivity contribution in [3.63, 3.8) is 0 Å². The van der Waals surface area contributed by atoms with Crippen molar-refractivity contribution in [3.8, 4) is 0 Å². The third-order valence-corrected chi connectivity index (χ3v) is 3.77. The van der Waals surface area contributed by atoms with E-state index in [1.165, 1.54) is 6.42 Å². The molecule has 3 N–H and O–H groups in total. The van der Waals surface area contributed by atoms with Crippen LogP contribution < -0.4 is 5.73 Å². The molecule has 1 aliphatic heterocycles. The van der Waals surface area contributed by atoms with Crippen molar-refractivity contribution in [1.82, 2.24) is 9.80 Å². The van der Waals surface area contributed by atoms with Gasteiger partial charge in [0.05, 0.1) is 5.56 Å². The number of nitrogens with two attached hydrogens (primary N) is 1. The van der Waals surface area contributed by atoms with E-state index in [1.54, 1.807) is 18.2 Å². The minimum Gasteiger partial charge on any atom is -0.384 e. The summed E-state index contributed by atoms with van der Waals surface area (Å²) in [7, 11) is 0. The number of hydrogen-bond donors (Lipinski definition) is 2. The van der Waals surface area contributed by atoms with Crippen LogP contribution in [0, 0.1) is 11.2 Å². The van der Waals surface area contributed by atoms with E-state index >= 15 is 0 Å². The molecule has 1 fully saturated rings. The zero-order chi connectivity index (χ0) is 14.5. The van der Waals surface area contributed by atoms with Gasteiger partial charge in [-0.2, -0.15) is 0 Å². The van der Waals surface area contributed by atoms with Crippen LogP contribution in [-0.2, 0) is 6.54 Å². The average molecular weight is 278 g/mol. The number of rotatable bonds is 5. The first-order valence-corrected chi connectivity index (χ1v) is 7.18. The third-order valence-electron chi connectivity index (χ3n) is 3.77. The first kappa shape index (κ1) is 14.9. The van der Waals surface area contributed by atoms with E-state index in [1.807, 2.05) is 0 Å². The highest BCUT2D eigenvalue weighted by molar-refractivity contribution is 5.95. The standard InChI is InChI=1S/C15H23FN4/c1-2-6-19-7-9-20(10-8-19)11-12-4-3-5-13(14(12)16)15(17)18/h3-5H,2,6-11H2,1H3,(H3,17,18). The number of nitrogen functional groups attached to an aromatic ring is 1. The van der Waals surface area contributed by atoms with Gasteiger partial charge in [0.15, 0.2) is 0 Å². The zero-order valence-electron chi connectivity index (χ0n) is 12.0. The predicted molar refractivity (Wildman–Crippen MR) is 79.4 cm³/mol. The van der Waals surface area contributed by atoms with Crippen molar-refractivity contribution in [2.45, 2.75) is 19.9 Å². The molecule has 5 heteroatoms. The molecule has 1 heterocycles. The molecule has 0 spiro atoms. The first-order chi connectivity index (χ1) is 9.61. The maximum Gasteiger partial charge on any atom is 0.138 e. The van der Waals surface area contributed by atoms with Crippen LogP contribution in [0.1, 0.15) is 24.5 Å². The Hall–Kier alpha value is -1.46. The lowest BCUT2D eigenvalue weighted by atomic mass is 10.1. The Kier molecular flexibility index (Phi) is 5.09. The Morgan fingerprint density at radius 1 is 1.25 bits per heavy atom. The number of amidine groups is 1. The van der Waals surface area contributed by atoms with E-state index in [-0.39, 0.29) is 17.2 Å². The van der Waals surface area contributed by atoms with Crippen molar-refractivity contribution in [1.29, 1.82) is 5.41 Å². The summed E-state index contributed by atoms with van der Waals surface area (Å²) in [6, 6.07) is 5.10. The molecule has 1 aliphatic rings. The minimum atomic E-state index is -0.351. The minimum absolute atomic E-state index is 0.201. The van der Waals surface area contributed by atoms with E-state index < -0.39 is 0 Å². The number of piperazine rings is 1. The van der Waals surface area contributed by atoms with Gasteiger partial charge in [0.25, 0.3) is 0 Å². The van der Waals surface area contributed by atoms with Gasteiger partial charge in [-0.05, 0) is 19.0 Å². The van der Waals surface area contributed by atoms with Gasteiger partial charge in [-0.15, -0.1) is 0 Å². The number of benzene rings is 1. The molecule has 110 valence electrons. The molecule has 1 aromatic rings. The van der Waals surface area contributed by atoms with Gasteiger partial charge < -0.3 is 10.6 Å². The Labute approximate surface area is 119 Å². The summed E-state index contributed by atoms with van der Waals surface area (Å²) in [5.41, 5.74) is 6.22. The van der Waals surface area contributed by atoms with Gasteiger partial charge >= 0.3 is 0 Å². The van der Waals surface area contributed by atoms with E-state index in [9.17, 15) is 4.39 Å². The number of halogens is 1. The lowest BCUT2D eigenvalue weighted by Crippen LogP contribution is -2.46. The van der Waals surface area contributed by atoms with Gasteiger partial charge in [-0.1, -0.05) is 19.1 Å². The second-order valence-corrected chi connectivity index (χ2v) is 5.31. The van der Waals surface area contributed by atoms with Crippen molar-refractivity contribution < 1.29 is 4.39 Å². The Bertz CT molecular complexity index is 467. The van der Waals surface area contributed by atoms with E-state index in [2.05, 4.69) is 16.7 Å². The largest absolute Gasteiger partial charge is 0.384 e. The molecule has 1 aromatic carbocycles. The molecule has 0 aliphatic carbocycles. The van der Waals surface area contributed by atoms with Crippen LogP contribution in [0.25, 0.3) is 0 Å². The second-order valence-electron chi connectivity index (χ2n) is 5.31. The quantitative estimate of drug-likeness (QED) is 0.636. The van der Waals surface area contributed by atoms with Gasteiger partial charge in [0.2, 0.25) is 0 Å². The fourth-order valence-corrected chi connectivity index (χ4v) is 2.64. The summed E-state index contributed by atoms with van der Waals surface area (Å²) in [5, 5.41) is 7.38. The molecular weight excluding hydrogens is 255 g/mol. The summed E-state index contributed by atoms with van der Waals surface area (Å²) >= 11 is 0. The summed E-state index contributed by atoms with van der Waals surface area (Å²) in [4.78, 5) is 4.70. The molecule has 1 saturated heterocycles. The summed E-state index contributed by atoms with van der Waals surface area (Å²) in [6.45, 7) is 7.93. The van der Waals surface area contributed by atoms with E-state index in [0.717, 1.165) is 32.7 Å². The highest BCUT2D eigenvalue weighted by Gasteiger charge is 2.18. The predicted octanol–water partition coefficient (Wildman–Crippen LogP) is 1.64. The van der Waals surface area contributed by atoms with E-state index in [4.69, 9.17) is 11.1 Å². The van der Waals surface area contributed by atoms with Gasteiger partial charge in [-0.25, -0.2) is 4.39 Å². The summed E-state index contributed by atoms with van der Waals surface area (Å²) in [6.07, 6.45) is 1.18. The SMILES string of the molecule is CCCN1CCN(Cc2cccc(C(=N)N)c2F)CC1. The highest BCUT2D eigenvalue weighted by atomic mass is 19.1. The van der Waals surface area contributed by atoms with Crippen LogP contribution in [0.4, 0.5) is 4.39 Å². The first-order valence-electron chi connectivity index (χ1n) is 7.18. The fraction of sp³-hybridized carbons (Fsp3) is 0.533. The van der Waals surface area contributed by atoms with Crippen molar-refractivity contribution >= 4 is 5.84 Å². The van der Waals surface area contributed by atoms with Crippen LogP contribution in [0.2, 0.25) is 0 Å². The van der Waals surface area contributed by atoms with Gasteiger partial charge in [-0.3, -0.25) is 10.3 Å². The molecule has 0 saturated carbocycles. The lowest BCUT2D eigenvalue weighted by molar-refractivity contribution is 0.126. The molecular formula is C15H23FN4. The van der Waals surface area contributed by atoms with Crippen molar-refractivity contribution in [2.75, 3.05) is 32.7 Å². The molecule has 0 unspecified atom stereocenters. The average Bonchev–Trinajstić information content (AvgIpc) is 2.43. The maximum absolute atomic E-state index is 14.2. The fourth-order valence-electron chi connectivity index (χ4n) is 2.64. The van der Waals surface area contributed by atoms with Crippen molar-refractivity contribution in [2.24, 2.45) is 5.73 Å². The third kappa shape index (κ3) is 3.55. The normalized spacial score (nSPS) is 17.3.